The third-order valence-electron chi connectivity index (χ3n) is 2.35. The van der Waals surface area contributed by atoms with Crippen molar-refractivity contribution in [1.82, 2.24) is 9.97 Å². The van der Waals surface area contributed by atoms with Crippen molar-refractivity contribution in [1.29, 1.82) is 0 Å². The minimum Gasteiger partial charge on any atom is -0.490 e. The Balaban J connectivity index is 2.53. The number of nitro benzene ring substituents is 1. The minimum absolute atomic E-state index is 0.117. The summed E-state index contributed by atoms with van der Waals surface area (Å²) in [4.78, 5) is 18.2. The van der Waals surface area contributed by atoms with E-state index >= 15 is 0 Å². The number of nitrogens with two attached hydrogens (primary N) is 1. The second-order valence-electron chi connectivity index (χ2n) is 3.44. The molecular formula is C11H10N4O3. The zero-order chi connectivity index (χ0) is 13.1. The van der Waals surface area contributed by atoms with E-state index in [0.29, 0.717) is 11.3 Å². The van der Waals surface area contributed by atoms with Crippen molar-refractivity contribution in [2.45, 2.75) is 0 Å². The quantitative estimate of drug-likeness (QED) is 0.652. The Kier molecular flexibility index (Phi) is 3.05. The summed E-state index contributed by atoms with van der Waals surface area (Å²) in [5, 5.41) is 10.9. The fraction of sp³-hybridized carbons (Fsp3) is 0.0909. The molecule has 0 saturated heterocycles. The fourth-order valence-electron chi connectivity index (χ4n) is 1.53. The summed E-state index contributed by atoms with van der Waals surface area (Å²) < 4.78 is 4.92. The number of nitrogen functional groups attached to an aromatic ring is 1. The number of benzene rings is 1. The van der Waals surface area contributed by atoms with Crippen molar-refractivity contribution >= 4 is 11.6 Å². The monoisotopic (exact) mass is 246 g/mol. The summed E-state index contributed by atoms with van der Waals surface area (Å²) in [6.45, 7) is 0. The molecule has 0 aliphatic rings. The topological polar surface area (TPSA) is 104 Å². The zero-order valence-electron chi connectivity index (χ0n) is 9.53. The van der Waals surface area contributed by atoms with Gasteiger partial charge >= 0.3 is 5.69 Å². The van der Waals surface area contributed by atoms with Crippen LogP contribution in [0.25, 0.3) is 11.3 Å². The highest BCUT2D eigenvalue weighted by atomic mass is 16.6. The van der Waals surface area contributed by atoms with E-state index in [2.05, 4.69) is 9.97 Å². The Morgan fingerprint density at radius 1 is 1.39 bits per heavy atom. The average molecular weight is 246 g/mol. The molecule has 0 unspecified atom stereocenters. The largest absolute Gasteiger partial charge is 0.490 e. The number of aromatic nitrogens is 2. The Labute approximate surface area is 102 Å². The molecule has 0 fully saturated rings. The molecule has 2 N–H and O–H groups in total. The summed E-state index contributed by atoms with van der Waals surface area (Å²) in [5.41, 5.74) is 6.45. The average Bonchev–Trinajstić information content (AvgIpc) is 2.38. The van der Waals surface area contributed by atoms with Crippen LogP contribution < -0.4 is 10.5 Å². The lowest BCUT2D eigenvalue weighted by atomic mass is 10.1. The first kappa shape index (κ1) is 11.8. The number of hydrogen-bond donors (Lipinski definition) is 1. The second kappa shape index (κ2) is 4.66. The Morgan fingerprint density at radius 3 is 2.78 bits per heavy atom. The van der Waals surface area contributed by atoms with Crippen LogP contribution in [0, 0.1) is 10.1 Å². The lowest BCUT2D eigenvalue weighted by Gasteiger charge is -2.04. The van der Waals surface area contributed by atoms with Crippen LogP contribution >= 0.6 is 0 Å². The minimum atomic E-state index is -0.507. The molecule has 0 radical (unpaired) electrons. The third kappa shape index (κ3) is 2.19. The smallest absolute Gasteiger partial charge is 0.311 e. The SMILES string of the molecule is COc1ccc(-c2ccnc(N)n2)cc1[N+](=O)[O-]. The first-order valence-corrected chi connectivity index (χ1v) is 5.03. The summed E-state index contributed by atoms with van der Waals surface area (Å²) in [6, 6.07) is 6.21. The molecule has 2 rings (SSSR count). The van der Waals surface area contributed by atoms with E-state index in [1.54, 1.807) is 12.1 Å². The van der Waals surface area contributed by atoms with Crippen LogP contribution in [0.3, 0.4) is 0 Å². The number of ether oxygens (including phenoxy) is 1. The maximum absolute atomic E-state index is 10.9. The molecule has 0 amide bonds. The van der Waals surface area contributed by atoms with Gasteiger partial charge in [-0.1, -0.05) is 0 Å². The van der Waals surface area contributed by atoms with Crippen molar-refractivity contribution in [2.75, 3.05) is 12.8 Å². The van der Waals surface area contributed by atoms with Gasteiger partial charge in [-0.15, -0.1) is 0 Å². The maximum Gasteiger partial charge on any atom is 0.311 e. The molecular weight excluding hydrogens is 236 g/mol. The van der Waals surface area contributed by atoms with Crippen LogP contribution in [0.2, 0.25) is 0 Å². The zero-order valence-corrected chi connectivity index (χ0v) is 9.53. The number of anilines is 1. The van der Waals surface area contributed by atoms with Gasteiger partial charge in [0.2, 0.25) is 5.95 Å². The number of rotatable bonds is 3. The van der Waals surface area contributed by atoms with Gasteiger partial charge in [-0.3, -0.25) is 10.1 Å². The third-order valence-corrected chi connectivity index (χ3v) is 2.35. The van der Waals surface area contributed by atoms with Gasteiger partial charge in [0.25, 0.3) is 0 Å². The number of methoxy groups -OCH3 is 1. The molecule has 1 aromatic heterocycles. The summed E-state index contributed by atoms with van der Waals surface area (Å²) in [6.07, 6.45) is 1.49. The van der Waals surface area contributed by atoms with Crippen LogP contribution in [0.4, 0.5) is 11.6 Å². The van der Waals surface area contributed by atoms with E-state index in [0.717, 1.165) is 0 Å². The normalized spacial score (nSPS) is 10.1. The van der Waals surface area contributed by atoms with Crippen molar-refractivity contribution in [3.8, 4) is 17.0 Å². The maximum atomic E-state index is 10.9. The molecule has 1 aromatic carbocycles. The van der Waals surface area contributed by atoms with Gasteiger partial charge in [0.15, 0.2) is 5.75 Å². The van der Waals surface area contributed by atoms with E-state index in [-0.39, 0.29) is 17.4 Å². The number of hydrogen-bond acceptors (Lipinski definition) is 6. The Bertz CT molecular complexity index is 601. The highest BCUT2D eigenvalue weighted by Gasteiger charge is 2.16. The van der Waals surface area contributed by atoms with Gasteiger partial charge in [0.05, 0.1) is 17.7 Å². The molecule has 0 bridgehead atoms. The van der Waals surface area contributed by atoms with Crippen molar-refractivity contribution in [2.24, 2.45) is 0 Å². The lowest BCUT2D eigenvalue weighted by molar-refractivity contribution is -0.385. The van der Waals surface area contributed by atoms with E-state index in [1.807, 2.05) is 0 Å². The van der Waals surface area contributed by atoms with Crippen molar-refractivity contribution in [3.05, 3.63) is 40.6 Å². The fourth-order valence-corrected chi connectivity index (χ4v) is 1.53. The number of nitro groups is 1. The highest BCUT2D eigenvalue weighted by molar-refractivity contribution is 5.66. The van der Waals surface area contributed by atoms with Crippen LogP contribution in [-0.4, -0.2) is 22.0 Å². The van der Waals surface area contributed by atoms with Crippen molar-refractivity contribution in [3.63, 3.8) is 0 Å². The Hall–Kier alpha value is -2.70. The standard InChI is InChI=1S/C11H10N4O3/c1-18-10-3-2-7(6-9(10)15(16)17)8-4-5-13-11(12)14-8/h2-6H,1H3,(H2,12,13,14). The van der Waals surface area contributed by atoms with Gasteiger partial charge < -0.3 is 10.5 Å². The van der Waals surface area contributed by atoms with Gasteiger partial charge in [-0.25, -0.2) is 9.97 Å². The van der Waals surface area contributed by atoms with Crippen LogP contribution in [0.1, 0.15) is 0 Å². The molecule has 92 valence electrons. The molecule has 18 heavy (non-hydrogen) atoms. The molecule has 7 heteroatoms. The first-order valence-electron chi connectivity index (χ1n) is 5.03. The molecule has 2 aromatic rings. The van der Waals surface area contributed by atoms with E-state index in [9.17, 15) is 10.1 Å². The van der Waals surface area contributed by atoms with Crippen molar-refractivity contribution < 1.29 is 9.66 Å². The van der Waals surface area contributed by atoms with E-state index in [4.69, 9.17) is 10.5 Å². The molecule has 0 aliphatic carbocycles. The highest BCUT2D eigenvalue weighted by Crippen LogP contribution is 2.31. The molecule has 1 heterocycles. The summed E-state index contributed by atoms with van der Waals surface area (Å²) >= 11 is 0. The Morgan fingerprint density at radius 2 is 2.17 bits per heavy atom. The summed E-state index contributed by atoms with van der Waals surface area (Å²) in [5.74, 6) is 0.316. The predicted octanol–water partition coefficient (Wildman–Crippen LogP) is 1.64. The predicted molar refractivity (Wildman–Crippen MR) is 65.1 cm³/mol. The molecule has 0 spiro atoms. The van der Waals surface area contributed by atoms with Gasteiger partial charge in [0.1, 0.15) is 0 Å². The lowest BCUT2D eigenvalue weighted by Crippen LogP contribution is -1.97. The van der Waals surface area contributed by atoms with Gasteiger partial charge in [-0.05, 0) is 18.2 Å². The molecule has 0 atom stereocenters. The van der Waals surface area contributed by atoms with Crippen LogP contribution in [0.15, 0.2) is 30.5 Å². The first-order chi connectivity index (χ1) is 8.61. The molecule has 0 saturated carbocycles. The molecule has 7 nitrogen and oxygen atoms in total. The van der Waals surface area contributed by atoms with Crippen LogP contribution in [-0.2, 0) is 0 Å². The van der Waals surface area contributed by atoms with E-state index < -0.39 is 4.92 Å². The van der Waals surface area contributed by atoms with Crippen LogP contribution in [0.5, 0.6) is 5.75 Å². The molecule has 0 aliphatic heterocycles. The van der Waals surface area contributed by atoms with Gasteiger partial charge in [-0.2, -0.15) is 0 Å². The summed E-state index contributed by atoms with van der Waals surface area (Å²) in [7, 11) is 1.38. The van der Waals surface area contributed by atoms with E-state index in [1.165, 1.54) is 25.4 Å². The second-order valence-corrected chi connectivity index (χ2v) is 3.44. The van der Waals surface area contributed by atoms with Gasteiger partial charge in [0, 0.05) is 17.8 Å². The number of nitrogens with zero attached hydrogens (tertiary/aromatic N) is 3.